The number of nitrogens with zero attached hydrogens (tertiary/aromatic N) is 5. The summed E-state index contributed by atoms with van der Waals surface area (Å²) in [5, 5.41) is 3.96. The number of ether oxygens (including phenoxy) is 3. The summed E-state index contributed by atoms with van der Waals surface area (Å²) in [7, 11) is 1.74. The summed E-state index contributed by atoms with van der Waals surface area (Å²) in [6.07, 6.45) is 1.96. The predicted octanol–water partition coefficient (Wildman–Crippen LogP) is 3.86. The number of aryl methyl sites for hydroxylation is 1. The van der Waals surface area contributed by atoms with Crippen LogP contribution in [0.4, 0.5) is 14.6 Å². The minimum atomic E-state index is -0.933. The molecule has 1 aliphatic rings. The van der Waals surface area contributed by atoms with Crippen molar-refractivity contribution in [3.63, 3.8) is 0 Å². The summed E-state index contributed by atoms with van der Waals surface area (Å²) in [6, 6.07) is 3.92. The van der Waals surface area contributed by atoms with Gasteiger partial charge in [-0.05, 0) is 25.1 Å². The number of halogens is 3. The third-order valence-corrected chi connectivity index (χ3v) is 5.71. The van der Waals surface area contributed by atoms with Crippen LogP contribution in [0.1, 0.15) is 18.9 Å². The normalized spacial score (nSPS) is 14.7. The van der Waals surface area contributed by atoms with Gasteiger partial charge in [0.25, 0.3) is 0 Å². The molecule has 2 aromatic carbocycles. The van der Waals surface area contributed by atoms with Crippen molar-refractivity contribution in [1.29, 1.82) is 0 Å². The van der Waals surface area contributed by atoms with Gasteiger partial charge in [0.15, 0.2) is 29.2 Å². The second-order valence-electron chi connectivity index (χ2n) is 7.77. The molecule has 0 bridgehead atoms. The summed E-state index contributed by atoms with van der Waals surface area (Å²) >= 11 is 5.84. The highest BCUT2D eigenvalue weighted by molar-refractivity contribution is 6.31. The molecule has 0 spiro atoms. The average molecular weight is 489 g/mol. The molecule has 0 saturated carbocycles. The lowest BCUT2D eigenvalue weighted by molar-refractivity contribution is -0.0806. The SMILES string of the molecule is C[C@H](Oc1c(OC2COC2)cc(-c2ccc(F)c(Cl)c2F)c2ncnc(N)c12)c1ncn(C)n1. The van der Waals surface area contributed by atoms with Gasteiger partial charge in [0.05, 0.1) is 24.1 Å². The van der Waals surface area contributed by atoms with Crippen LogP contribution in [0.15, 0.2) is 30.9 Å². The average Bonchev–Trinajstić information content (AvgIpc) is 3.22. The molecule has 1 fully saturated rings. The number of rotatable bonds is 6. The Hall–Kier alpha value is -3.57. The second-order valence-corrected chi connectivity index (χ2v) is 8.15. The van der Waals surface area contributed by atoms with Crippen molar-refractivity contribution in [2.24, 2.45) is 7.05 Å². The highest BCUT2D eigenvalue weighted by atomic mass is 35.5. The van der Waals surface area contributed by atoms with E-state index in [9.17, 15) is 4.39 Å². The first-order chi connectivity index (χ1) is 16.3. The van der Waals surface area contributed by atoms with Crippen LogP contribution < -0.4 is 15.2 Å². The summed E-state index contributed by atoms with van der Waals surface area (Å²) < 4.78 is 48.0. The predicted molar refractivity (Wildman–Crippen MR) is 120 cm³/mol. The molecule has 2 N–H and O–H groups in total. The van der Waals surface area contributed by atoms with Crippen molar-refractivity contribution in [1.82, 2.24) is 24.7 Å². The lowest BCUT2D eigenvalue weighted by Crippen LogP contribution is -2.38. The van der Waals surface area contributed by atoms with Crippen LogP contribution in [0, 0.1) is 11.6 Å². The van der Waals surface area contributed by atoms with Crippen LogP contribution in [0.2, 0.25) is 5.02 Å². The molecule has 5 rings (SSSR count). The minimum absolute atomic E-state index is 0.0233. The highest BCUT2D eigenvalue weighted by Crippen LogP contribution is 2.46. The van der Waals surface area contributed by atoms with Gasteiger partial charge in [0.1, 0.15) is 35.4 Å². The summed E-state index contributed by atoms with van der Waals surface area (Å²) in [5.74, 6) is -0.771. The molecule has 176 valence electrons. The van der Waals surface area contributed by atoms with E-state index < -0.39 is 22.8 Å². The maximum Gasteiger partial charge on any atom is 0.191 e. The molecule has 0 amide bonds. The van der Waals surface area contributed by atoms with Crippen molar-refractivity contribution in [3.05, 3.63) is 53.3 Å². The van der Waals surface area contributed by atoms with Crippen LogP contribution in [0.5, 0.6) is 11.5 Å². The fourth-order valence-corrected chi connectivity index (χ4v) is 3.76. The zero-order valence-electron chi connectivity index (χ0n) is 18.1. The first kappa shape index (κ1) is 22.2. The number of aromatic nitrogens is 5. The molecule has 0 radical (unpaired) electrons. The number of nitrogens with two attached hydrogens (primary N) is 1. The molecular weight excluding hydrogens is 470 g/mol. The molecule has 3 heterocycles. The Balaban J connectivity index is 1.73. The van der Waals surface area contributed by atoms with E-state index in [1.54, 1.807) is 31.0 Å². The van der Waals surface area contributed by atoms with Gasteiger partial charge >= 0.3 is 0 Å². The topological polar surface area (TPSA) is 110 Å². The molecule has 1 atom stereocenters. The zero-order chi connectivity index (χ0) is 24.0. The lowest BCUT2D eigenvalue weighted by atomic mass is 10.00. The first-order valence-electron chi connectivity index (χ1n) is 10.3. The van der Waals surface area contributed by atoms with E-state index in [0.29, 0.717) is 24.4 Å². The van der Waals surface area contributed by atoms with E-state index in [0.717, 1.165) is 6.07 Å². The number of hydrogen-bond donors (Lipinski definition) is 1. The van der Waals surface area contributed by atoms with Crippen LogP contribution in [-0.4, -0.2) is 44.1 Å². The maximum atomic E-state index is 15.0. The fraction of sp³-hybridized carbons (Fsp3) is 0.273. The Morgan fingerprint density at radius 3 is 2.68 bits per heavy atom. The van der Waals surface area contributed by atoms with Gasteiger partial charge in [-0.25, -0.2) is 23.7 Å². The molecule has 1 aliphatic heterocycles. The first-order valence-corrected chi connectivity index (χ1v) is 10.7. The van der Waals surface area contributed by atoms with Crippen LogP contribution in [-0.2, 0) is 11.8 Å². The van der Waals surface area contributed by atoms with Gasteiger partial charge < -0.3 is 19.9 Å². The number of hydrogen-bond acceptors (Lipinski definition) is 8. The zero-order valence-corrected chi connectivity index (χ0v) is 18.9. The molecular formula is C22H19ClF2N6O3. The Morgan fingerprint density at radius 1 is 1.21 bits per heavy atom. The van der Waals surface area contributed by atoms with E-state index in [1.807, 2.05) is 0 Å². The maximum absolute atomic E-state index is 15.0. The quantitative estimate of drug-likeness (QED) is 0.407. The van der Waals surface area contributed by atoms with Crippen LogP contribution >= 0.6 is 11.6 Å². The summed E-state index contributed by atoms with van der Waals surface area (Å²) in [5.41, 5.74) is 6.82. The molecule has 12 heteroatoms. The number of anilines is 1. The molecule has 34 heavy (non-hydrogen) atoms. The van der Waals surface area contributed by atoms with Gasteiger partial charge in [0.2, 0.25) is 0 Å². The van der Waals surface area contributed by atoms with Crippen molar-refractivity contribution < 1.29 is 23.0 Å². The van der Waals surface area contributed by atoms with Gasteiger partial charge in [-0.2, -0.15) is 5.10 Å². The van der Waals surface area contributed by atoms with Crippen molar-refractivity contribution >= 4 is 28.3 Å². The van der Waals surface area contributed by atoms with E-state index in [-0.39, 0.29) is 40.1 Å². The Bertz CT molecular complexity index is 1400. The molecule has 2 aromatic heterocycles. The number of fused-ring (bicyclic) bond motifs is 1. The molecule has 1 saturated heterocycles. The third kappa shape index (κ3) is 3.86. The Kier molecular flexibility index (Phi) is 5.66. The molecule has 0 aliphatic carbocycles. The van der Waals surface area contributed by atoms with Crippen molar-refractivity contribution in [3.8, 4) is 22.6 Å². The summed E-state index contributed by atoms with van der Waals surface area (Å²) in [6.45, 7) is 2.52. The highest BCUT2D eigenvalue weighted by Gasteiger charge is 2.28. The minimum Gasteiger partial charge on any atom is -0.482 e. The van der Waals surface area contributed by atoms with E-state index in [4.69, 9.17) is 31.5 Å². The van der Waals surface area contributed by atoms with Gasteiger partial charge in [-0.1, -0.05) is 11.6 Å². The standard InChI is InChI=1S/C22H19ClF2N6O3/c1-10(22-29-9-31(2)30-22)33-20-15(34-11-6-32-7-11)5-13(19-16(20)21(26)28-8-27-19)12-3-4-14(24)17(23)18(12)25/h3-5,8-11H,6-7H2,1-2H3,(H2,26,27,28)/t10-/m0/s1. The fourth-order valence-electron chi connectivity index (χ4n) is 3.59. The largest absolute Gasteiger partial charge is 0.482 e. The van der Waals surface area contributed by atoms with Crippen LogP contribution in [0.3, 0.4) is 0 Å². The van der Waals surface area contributed by atoms with Gasteiger partial charge in [-0.15, -0.1) is 0 Å². The smallest absolute Gasteiger partial charge is 0.191 e. The monoisotopic (exact) mass is 488 g/mol. The Labute approximate surface area is 197 Å². The molecule has 4 aromatic rings. The van der Waals surface area contributed by atoms with Crippen molar-refractivity contribution in [2.75, 3.05) is 18.9 Å². The van der Waals surface area contributed by atoms with E-state index in [1.165, 1.54) is 12.4 Å². The Morgan fingerprint density at radius 2 is 2.00 bits per heavy atom. The number of nitrogen functional groups attached to an aromatic ring is 1. The molecule has 0 unspecified atom stereocenters. The molecule has 9 nitrogen and oxygen atoms in total. The van der Waals surface area contributed by atoms with Crippen molar-refractivity contribution in [2.45, 2.75) is 19.1 Å². The summed E-state index contributed by atoms with van der Waals surface area (Å²) in [4.78, 5) is 12.6. The third-order valence-electron chi connectivity index (χ3n) is 5.36. The number of benzene rings is 2. The van der Waals surface area contributed by atoms with Gasteiger partial charge in [0, 0.05) is 18.2 Å². The lowest BCUT2D eigenvalue weighted by Gasteiger charge is -2.29. The van der Waals surface area contributed by atoms with Gasteiger partial charge in [-0.3, -0.25) is 4.68 Å². The van der Waals surface area contributed by atoms with Crippen LogP contribution in [0.25, 0.3) is 22.0 Å². The van der Waals surface area contributed by atoms with E-state index in [2.05, 4.69) is 20.1 Å². The van der Waals surface area contributed by atoms with E-state index >= 15 is 4.39 Å². The second kappa shape index (κ2) is 8.65.